The SMILES string of the molecule is CCC(CCO)NC(=O)CCc1ncc(-c2ccc(Cl)cc2)o1. The van der Waals surface area contributed by atoms with Crippen molar-refractivity contribution in [3.8, 4) is 11.3 Å². The Labute approximate surface area is 140 Å². The quantitative estimate of drug-likeness (QED) is 0.776. The van der Waals surface area contributed by atoms with Crippen molar-refractivity contribution in [1.29, 1.82) is 0 Å². The molecule has 6 heteroatoms. The van der Waals surface area contributed by atoms with Crippen molar-refractivity contribution in [2.45, 2.75) is 38.6 Å². The molecule has 2 aromatic rings. The summed E-state index contributed by atoms with van der Waals surface area (Å²) in [5.41, 5.74) is 0.895. The number of nitrogens with zero attached hydrogens (tertiary/aromatic N) is 1. The number of rotatable bonds is 8. The second-order valence-electron chi connectivity index (χ2n) is 5.31. The van der Waals surface area contributed by atoms with E-state index in [2.05, 4.69) is 10.3 Å². The van der Waals surface area contributed by atoms with E-state index in [9.17, 15) is 4.79 Å². The van der Waals surface area contributed by atoms with Crippen molar-refractivity contribution < 1.29 is 14.3 Å². The van der Waals surface area contributed by atoms with Gasteiger partial charge in [0.25, 0.3) is 0 Å². The summed E-state index contributed by atoms with van der Waals surface area (Å²) in [6.07, 6.45) is 3.77. The standard InChI is InChI=1S/C17H21ClN2O3/c1-2-14(9-10-21)20-16(22)7-8-17-19-11-15(23-17)12-3-5-13(18)6-4-12/h3-6,11,14,21H,2,7-10H2,1H3,(H,20,22). The molecule has 0 aliphatic carbocycles. The number of aliphatic hydroxyl groups excluding tert-OH is 1. The van der Waals surface area contributed by atoms with Gasteiger partial charge in [-0.3, -0.25) is 4.79 Å². The second kappa shape index (κ2) is 8.70. The molecule has 5 nitrogen and oxygen atoms in total. The van der Waals surface area contributed by atoms with E-state index in [1.807, 2.05) is 19.1 Å². The van der Waals surface area contributed by atoms with Gasteiger partial charge in [-0.2, -0.15) is 0 Å². The van der Waals surface area contributed by atoms with Crippen molar-refractivity contribution in [2.24, 2.45) is 0 Å². The van der Waals surface area contributed by atoms with Crippen LogP contribution in [0.3, 0.4) is 0 Å². The fourth-order valence-electron chi connectivity index (χ4n) is 2.23. The predicted molar refractivity (Wildman–Crippen MR) is 89.2 cm³/mol. The van der Waals surface area contributed by atoms with Crippen LogP contribution in [0.15, 0.2) is 34.9 Å². The van der Waals surface area contributed by atoms with Crippen LogP contribution in [0, 0.1) is 0 Å². The van der Waals surface area contributed by atoms with Crippen LogP contribution in [0.1, 0.15) is 32.1 Å². The van der Waals surface area contributed by atoms with Crippen molar-refractivity contribution in [3.05, 3.63) is 41.4 Å². The van der Waals surface area contributed by atoms with E-state index >= 15 is 0 Å². The Hall–Kier alpha value is -1.85. The van der Waals surface area contributed by atoms with Crippen LogP contribution in [0.25, 0.3) is 11.3 Å². The van der Waals surface area contributed by atoms with E-state index < -0.39 is 0 Å². The summed E-state index contributed by atoms with van der Waals surface area (Å²) >= 11 is 5.86. The third-order valence-corrected chi connectivity index (χ3v) is 3.84. The van der Waals surface area contributed by atoms with Crippen LogP contribution in [-0.4, -0.2) is 28.6 Å². The van der Waals surface area contributed by atoms with Crippen LogP contribution in [-0.2, 0) is 11.2 Å². The van der Waals surface area contributed by atoms with Crippen molar-refractivity contribution >= 4 is 17.5 Å². The molecule has 0 bridgehead atoms. The number of halogens is 1. The molecule has 23 heavy (non-hydrogen) atoms. The van der Waals surface area contributed by atoms with Crippen LogP contribution < -0.4 is 5.32 Å². The Balaban J connectivity index is 1.87. The molecule has 0 spiro atoms. The van der Waals surface area contributed by atoms with Gasteiger partial charge in [-0.15, -0.1) is 0 Å². The van der Waals surface area contributed by atoms with Crippen LogP contribution >= 0.6 is 11.6 Å². The topological polar surface area (TPSA) is 75.4 Å². The number of hydrogen-bond donors (Lipinski definition) is 2. The molecule has 1 atom stereocenters. The maximum absolute atomic E-state index is 11.9. The highest BCUT2D eigenvalue weighted by Gasteiger charge is 2.12. The number of aliphatic hydroxyl groups is 1. The molecule has 1 aromatic carbocycles. The summed E-state index contributed by atoms with van der Waals surface area (Å²) in [7, 11) is 0. The van der Waals surface area contributed by atoms with Crippen molar-refractivity contribution in [1.82, 2.24) is 10.3 Å². The van der Waals surface area contributed by atoms with Gasteiger partial charge in [0.05, 0.1) is 6.20 Å². The van der Waals surface area contributed by atoms with Gasteiger partial charge in [0, 0.05) is 36.1 Å². The first-order chi connectivity index (χ1) is 11.1. The molecule has 0 saturated carbocycles. The normalized spacial score (nSPS) is 12.1. The zero-order chi connectivity index (χ0) is 16.7. The van der Waals surface area contributed by atoms with Gasteiger partial charge >= 0.3 is 0 Å². The molecule has 0 saturated heterocycles. The first-order valence-electron chi connectivity index (χ1n) is 7.73. The molecule has 1 heterocycles. The maximum Gasteiger partial charge on any atom is 0.220 e. The Morgan fingerprint density at radius 1 is 1.39 bits per heavy atom. The Bertz CT molecular complexity index is 625. The highest BCUT2D eigenvalue weighted by Crippen LogP contribution is 2.22. The van der Waals surface area contributed by atoms with Crippen LogP contribution in [0.4, 0.5) is 0 Å². The van der Waals surface area contributed by atoms with Crippen LogP contribution in [0.5, 0.6) is 0 Å². The first kappa shape index (κ1) is 17.5. The van der Waals surface area contributed by atoms with E-state index in [0.717, 1.165) is 12.0 Å². The number of nitrogens with one attached hydrogen (secondary N) is 1. The zero-order valence-corrected chi connectivity index (χ0v) is 13.8. The molecule has 124 valence electrons. The Morgan fingerprint density at radius 2 is 2.13 bits per heavy atom. The molecular formula is C17H21ClN2O3. The lowest BCUT2D eigenvalue weighted by Crippen LogP contribution is -2.35. The largest absolute Gasteiger partial charge is 0.441 e. The van der Waals surface area contributed by atoms with E-state index in [1.54, 1.807) is 18.3 Å². The van der Waals surface area contributed by atoms with Crippen molar-refractivity contribution in [2.75, 3.05) is 6.61 Å². The average molecular weight is 337 g/mol. The number of aryl methyl sites for hydroxylation is 1. The fourth-order valence-corrected chi connectivity index (χ4v) is 2.35. The number of hydrogen-bond acceptors (Lipinski definition) is 4. The molecule has 1 unspecified atom stereocenters. The lowest BCUT2D eigenvalue weighted by atomic mass is 10.1. The second-order valence-corrected chi connectivity index (χ2v) is 5.75. The monoisotopic (exact) mass is 336 g/mol. The summed E-state index contributed by atoms with van der Waals surface area (Å²) in [4.78, 5) is 16.1. The zero-order valence-electron chi connectivity index (χ0n) is 13.1. The highest BCUT2D eigenvalue weighted by molar-refractivity contribution is 6.30. The van der Waals surface area contributed by atoms with E-state index in [0.29, 0.717) is 35.9 Å². The van der Waals surface area contributed by atoms with Gasteiger partial charge in [0.15, 0.2) is 11.7 Å². The third kappa shape index (κ3) is 5.37. The lowest BCUT2D eigenvalue weighted by Gasteiger charge is -2.15. The lowest BCUT2D eigenvalue weighted by molar-refractivity contribution is -0.121. The summed E-state index contributed by atoms with van der Waals surface area (Å²) in [5.74, 6) is 1.13. The molecule has 0 fully saturated rings. The van der Waals surface area contributed by atoms with Gasteiger partial charge in [-0.05, 0) is 37.1 Å². The molecule has 0 radical (unpaired) electrons. The average Bonchev–Trinajstić information content (AvgIpc) is 3.02. The molecule has 2 rings (SSSR count). The summed E-state index contributed by atoms with van der Waals surface area (Å²) in [5, 5.41) is 12.5. The van der Waals surface area contributed by atoms with E-state index in [4.69, 9.17) is 21.1 Å². The molecule has 1 amide bonds. The fraction of sp³-hybridized carbons (Fsp3) is 0.412. The number of benzene rings is 1. The minimum Gasteiger partial charge on any atom is -0.441 e. The van der Waals surface area contributed by atoms with Gasteiger partial charge < -0.3 is 14.8 Å². The van der Waals surface area contributed by atoms with E-state index in [1.165, 1.54) is 0 Å². The number of aromatic nitrogens is 1. The predicted octanol–water partition coefficient (Wildman–Crippen LogP) is 3.20. The number of carbonyl (C=O) groups excluding carboxylic acids is 1. The van der Waals surface area contributed by atoms with Gasteiger partial charge in [-0.25, -0.2) is 4.98 Å². The highest BCUT2D eigenvalue weighted by atomic mass is 35.5. The molecule has 0 aliphatic heterocycles. The summed E-state index contributed by atoms with van der Waals surface area (Å²) in [6.45, 7) is 2.05. The van der Waals surface area contributed by atoms with Crippen LogP contribution in [0.2, 0.25) is 5.02 Å². The van der Waals surface area contributed by atoms with Crippen molar-refractivity contribution in [3.63, 3.8) is 0 Å². The number of amides is 1. The Morgan fingerprint density at radius 3 is 2.78 bits per heavy atom. The van der Waals surface area contributed by atoms with Gasteiger partial charge in [0.2, 0.25) is 5.91 Å². The Kier molecular flexibility index (Phi) is 6.62. The summed E-state index contributed by atoms with van der Waals surface area (Å²) in [6, 6.07) is 7.32. The van der Waals surface area contributed by atoms with E-state index in [-0.39, 0.29) is 18.6 Å². The van der Waals surface area contributed by atoms with Gasteiger partial charge in [-0.1, -0.05) is 18.5 Å². The minimum atomic E-state index is -0.0588. The third-order valence-electron chi connectivity index (χ3n) is 3.58. The molecule has 1 aromatic heterocycles. The number of carbonyl (C=O) groups is 1. The number of oxazole rings is 1. The summed E-state index contributed by atoms with van der Waals surface area (Å²) < 4.78 is 5.66. The molecule has 0 aliphatic rings. The molecule has 2 N–H and O–H groups in total. The smallest absolute Gasteiger partial charge is 0.220 e. The maximum atomic E-state index is 11.9. The first-order valence-corrected chi connectivity index (χ1v) is 8.11. The van der Waals surface area contributed by atoms with Gasteiger partial charge in [0.1, 0.15) is 0 Å². The minimum absolute atomic E-state index is 0.0155. The molecular weight excluding hydrogens is 316 g/mol.